The summed E-state index contributed by atoms with van der Waals surface area (Å²) in [5.74, 6) is 7.92. The Morgan fingerprint density at radius 3 is 2.44 bits per heavy atom. The van der Waals surface area contributed by atoms with Crippen LogP contribution in [0.15, 0.2) is 59.8 Å². The van der Waals surface area contributed by atoms with Crippen LogP contribution in [-0.2, 0) is 11.2 Å². The van der Waals surface area contributed by atoms with Gasteiger partial charge in [0.25, 0.3) is 0 Å². The van der Waals surface area contributed by atoms with Crippen LogP contribution in [0.1, 0.15) is 19.7 Å². The quantitative estimate of drug-likeness (QED) is 0.479. The monoisotopic (exact) mass is 383 g/mol. The zero-order chi connectivity index (χ0) is 19.2. The third-order valence-electron chi connectivity index (χ3n) is 3.80. The van der Waals surface area contributed by atoms with Crippen molar-refractivity contribution in [3.05, 3.63) is 60.4 Å². The number of hydrogen-bond donors (Lipinski definition) is 2. The van der Waals surface area contributed by atoms with Gasteiger partial charge < -0.3 is 15.9 Å². The van der Waals surface area contributed by atoms with Crippen molar-refractivity contribution in [1.29, 1.82) is 0 Å². The number of rotatable bonds is 7. The number of nitrogens with two attached hydrogens (primary N) is 1. The fraction of sp³-hybridized carbons (Fsp3) is 0.211. The second-order valence-electron chi connectivity index (χ2n) is 5.81. The molecule has 1 heterocycles. The SMILES string of the molecule is CCc1nnc(SC(C)C(=O)Nc2ccc(Oc3ccccc3)cc2)n1N. The zero-order valence-electron chi connectivity index (χ0n) is 15.1. The number of carbonyl (C=O) groups is 1. The van der Waals surface area contributed by atoms with Crippen LogP contribution in [0.4, 0.5) is 5.69 Å². The molecule has 1 amide bonds. The largest absolute Gasteiger partial charge is 0.457 e. The Morgan fingerprint density at radius 1 is 1.15 bits per heavy atom. The van der Waals surface area contributed by atoms with E-state index in [1.54, 1.807) is 19.1 Å². The standard InChI is InChI=1S/C19H21N5O2S/c1-3-17-22-23-19(24(17)20)27-13(2)18(25)21-14-9-11-16(12-10-14)26-15-7-5-4-6-8-15/h4-13H,3,20H2,1-2H3,(H,21,25). The van der Waals surface area contributed by atoms with Gasteiger partial charge in [-0.05, 0) is 43.3 Å². The lowest BCUT2D eigenvalue weighted by atomic mass is 10.3. The highest BCUT2D eigenvalue weighted by molar-refractivity contribution is 8.00. The van der Waals surface area contributed by atoms with Crippen LogP contribution in [0.5, 0.6) is 11.5 Å². The van der Waals surface area contributed by atoms with Gasteiger partial charge in [-0.1, -0.05) is 36.9 Å². The van der Waals surface area contributed by atoms with Crippen LogP contribution >= 0.6 is 11.8 Å². The van der Waals surface area contributed by atoms with Crippen LogP contribution in [0, 0.1) is 0 Å². The van der Waals surface area contributed by atoms with Gasteiger partial charge in [-0.15, -0.1) is 10.2 Å². The molecular formula is C19H21N5O2S. The molecule has 1 aromatic heterocycles. The van der Waals surface area contributed by atoms with Crippen LogP contribution in [0.3, 0.4) is 0 Å². The summed E-state index contributed by atoms with van der Waals surface area (Å²) in [6.45, 7) is 3.75. The predicted octanol–water partition coefficient (Wildman–Crippen LogP) is 3.47. The van der Waals surface area contributed by atoms with E-state index in [1.165, 1.54) is 16.4 Å². The molecule has 0 saturated carbocycles. The van der Waals surface area contributed by atoms with Crippen molar-refractivity contribution in [2.45, 2.75) is 30.7 Å². The Kier molecular flexibility index (Phi) is 5.97. The number of amides is 1. The van der Waals surface area contributed by atoms with Crippen LogP contribution in [0.25, 0.3) is 0 Å². The smallest absolute Gasteiger partial charge is 0.237 e. The number of ether oxygens (including phenoxy) is 1. The van der Waals surface area contributed by atoms with Gasteiger partial charge in [0.05, 0.1) is 5.25 Å². The highest BCUT2D eigenvalue weighted by atomic mass is 32.2. The molecule has 0 fully saturated rings. The lowest BCUT2D eigenvalue weighted by Gasteiger charge is -2.12. The van der Waals surface area contributed by atoms with Crippen molar-refractivity contribution >= 4 is 23.4 Å². The second-order valence-corrected chi connectivity index (χ2v) is 7.12. The van der Waals surface area contributed by atoms with E-state index in [4.69, 9.17) is 10.6 Å². The molecule has 1 atom stereocenters. The molecule has 1 unspecified atom stereocenters. The van der Waals surface area contributed by atoms with Gasteiger partial charge in [-0.2, -0.15) is 0 Å². The molecule has 0 aliphatic rings. The molecule has 0 bridgehead atoms. The van der Waals surface area contributed by atoms with Gasteiger partial charge >= 0.3 is 0 Å². The molecule has 8 heteroatoms. The summed E-state index contributed by atoms with van der Waals surface area (Å²) in [5, 5.41) is 11.0. The van der Waals surface area contributed by atoms with E-state index >= 15 is 0 Å². The summed E-state index contributed by atoms with van der Waals surface area (Å²) in [6.07, 6.45) is 0.683. The highest BCUT2D eigenvalue weighted by Crippen LogP contribution is 2.24. The molecule has 0 radical (unpaired) electrons. The highest BCUT2D eigenvalue weighted by Gasteiger charge is 2.19. The Labute approximate surface area is 161 Å². The van der Waals surface area contributed by atoms with E-state index < -0.39 is 0 Å². The summed E-state index contributed by atoms with van der Waals surface area (Å²) in [6, 6.07) is 16.7. The van der Waals surface area contributed by atoms with Crippen molar-refractivity contribution in [3.63, 3.8) is 0 Å². The van der Waals surface area contributed by atoms with E-state index in [9.17, 15) is 4.79 Å². The van der Waals surface area contributed by atoms with Crippen molar-refractivity contribution in [1.82, 2.24) is 14.9 Å². The Bertz CT molecular complexity index is 896. The maximum absolute atomic E-state index is 12.4. The van der Waals surface area contributed by atoms with Gasteiger partial charge in [-0.25, -0.2) is 4.68 Å². The lowest BCUT2D eigenvalue weighted by molar-refractivity contribution is -0.115. The average molecular weight is 383 g/mol. The number of aryl methyl sites for hydroxylation is 1. The Balaban J connectivity index is 1.57. The first-order valence-corrected chi connectivity index (χ1v) is 9.44. The van der Waals surface area contributed by atoms with Crippen LogP contribution in [-0.4, -0.2) is 26.0 Å². The number of carbonyl (C=O) groups excluding carboxylic acids is 1. The van der Waals surface area contributed by atoms with Gasteiger partial charge in [0.2, 0.25) is 11.1 Å². The average Bonchev–Trinajstić information content (AvgIpc) is 3.03. The van der Waals surface area contributed by atoms with E-state index in [-0.39, 0.29) is 11.2 Å². The molecule has 0 aliphatic heterocycles. The summed E-state index contributed by atoms with van der Waals surface area (Å²) in [7, 11) is 0. The van der Waals surface area contributed by atoms with Crippen molar-refractivity contribution < 1.29 is 9.53 Å². The van der Waals surface area contributed by atoms with Gasteiger partial charge in [0, 0.05) is 12.1 Å². The van der Waals surface area contributed by atoms with Crippen LogP contribution in [0.2, 0.25) is 0 Å². The first kappa shape index (κ1) is 18.8. The summed E-state index contributed by atoms with van der Waals surface area (Å²) < 4.78 is 7.16. The zero-order valence-corrected chi connectivity index (χ0v) is 15.9. The molecule has 3 aromatic rings. The van der Waals surface area contributed by atoms with Crippen molar-refractivity contribution in [2.75, 3.05) is 11.2 Å². The van der Waals surface area contributed by atoms with E-state index in [0.717, 1.165) is 5.75 Å². The third kappa shape index (κ3) is 4.79. The topological polar surface area (TPSA) is 95.1 Å². The normalized spacial score (nSPS) is 11.8. The number of anilines is 1. The first-order valence-electron chi connectivity index (χ1n) is 8.56. The summed E-state index contributed by atoms with van der Waals surface area (Å²) in [4.78, 5) is 12.4. The molecule has 140 valence electrons. The molecular weight excluding hydrogens is 362 g/mol. The maximum Gasteiger partial charge on any atom is 0.237 e. The fourth-order valence-electron chi connectivity index (χ4n) is 2.32. The number of para-hydroxylation sites is 1. The minimum atomic E-state index is -0.374. The number of benzene rings is 2. The molecule has 27 heavy (non-hydrogen) atoms. The minimum absolute atomic E-state index is 0.141. The van der Waals surface area contributed by atoms with Crippen LogP contribution < -0.4 is 15.9 Å². The molecule has 0 spiro atoms. The Hall–Kier alpha value is -3.00. The summed E-state index contributed by atoms with van der Waals surface area (Å²) in [5.41, 5.74) is 0.691. The summed E-state index contributed by atoms with van der Waals surface area (Å²) >= 11 is 1.27. The molecule has 0 saturated heterocycles. The first-order chi connectivity index (χ1) is 13.1. The van der Waals surface area contributed by atoms with E-state index in [2.05, 4.69) is 15.5 Å². The number of hydrogen-bond acceptors (Lipinski definition) is 6. The van der Waals surface area contributed by atoms with Crippen molar-refractivity contribution in [3.8, 4) is 11.5 Å². The third-order valence-corrected chi connectivity index (χ3v) is 4.86. The van der Waals surface area contributed by atoms with Gasteiger partial charge in [0.15, 0.2) is 5.82 Å². The number of nitrogens with one attached hydrogen (secondary N) is 1. The molecule has 2 aromatic carbocycles. The molecule has 0 aliphatic carbocycles. The molecule has 3 rings (SSSR count). The van der Waals surface area contributed by atoms with E-state index in [0.29, 0.717) is 28.8 Å². The van der Waals surface area contributed by atoms with E-state index in [1.807, 2.05) is 49.4 Å². The molecule has 3 N–H and O–H groups in total. The number of nitrogens with zero attached hydrogens (tertiary/aromatic N) is 3. The predicted molar refractivity (Wildman–Crippen MR) is 106 cm³/mol. The maximum atomic E-state index is 12.4. The van der Waals surface area contributed by atoms with Gasteiger partial charge in [0.1, 0.15) is 11.5 Å². The fourth-order valence-corrected chi connectivity index (χ4v) is 3.10. The molecule has 7 nitrogen and oxygen atoms in total. The minimum Gasteiger partial charge on any atom is -0.457 e. The lowest BCUT2D eigenvalue weighted by Crippen LogP contribution is -2.23. The number of thioether (sulfide) groups is 1. The number of aromatic nitrogens is 3. The Morgan fingerprint density at radius 2 is 1.81 bits per heavy atom. The second kappa shape index (κ2) is 8.59. The number of nitrogen functional groups attached to an aromatic ring is 1. The van der Waals surface area contributed by atoms with Gasteiger partial charge in [-0.3, -0.25) is 4.79 Å². The van der Waals surface area contributed by atoms with Crippen molar-refractivity contribution in [2.24, 2.45) is 0 Å².